The van der Waals surface area contributed by atoms with Crippen molar-refractivity contribution < 1.29 is 13.9 Å². The van der Waals surface area contributed by atoms with Crippen LogP contribution in [0, 0.1) is 5.82 Å². The van der Waals surface area contributed by atoms with Crippen molar-refractivity contribution >= 4 is 11.6 Å². The summed E-state index contributed by atoms with van der Waals surface area (Å²) in [4.78, 5) is 12.4. The predicted octanol–water partition coefficient (Wildman–Crippen LogP) is 2.39. The van der Waals surface area contributed by atoms with Crippen LogP contribution < -0.4 is 15.4 Å². The molecule has 1 saturated carbocycles. The summed E-state index contributed by atoms with van der Waals surface area (Å²) in [5.41, 5.74) is 1.13. The third kappa shape index (κ3) is 3.56. The van der Waals surface area contributed by atoms with Crippen LogP contribution in [0.4, 0.5) is 10.1 Å². The minimum atomic E-state index is -0.562. The molecule has 0 aliphatic heterocycles. The molecule has 1 atom stereocenters. The third-order valence-electron chi connectivity index (χ3n) is 4.15. The molecule has 2 N–H and O–H groups in total. The number of hydrogen-bond acceptors (Lipinski definition) is 4. The number of halogens is 1. The zero-order chi connectivity index (χ0) is 17.1. The van der Waals surface area contributed by atoms with E-state index in [2.05, 4.69) is 15.7 Å². The van der Waals surface area contributed by atoms with Crippen LogP contribution in [0.15, 0.2) is 30.6 Å². The Morgan fingerprint density at radius 2 is 2.25 bits per heavy atom. The number of aryl methyl sites for hydroxylation is 1. The first-order chi connectivity index (χ1) is 11.6. The molecule has 1 unspecified atom stereocenters. The second-order valence-electron chi connectivity index (χ2n) is 5.97. The number of rotatable bonds is 6. The summed E-state index contributed by atoms with van der Waals surface area (Å²) in [7, 11) is 3.47. The number of aromatic nitrogens is 2. The molecule has 7 heteroatoms. The van der Waals surface area contributed by atoms with Crippen LogP contribution in [-0.2, 0) is 11.8 Å². The Morgan fingerprint density at radius 3 is 2.79 bits per heavy atom. The maximum Gasteiger partial charge on any atom is 0.246 e. The van der Waals surface area contributed by atoms with E-state index in [-0.39, 0.29) is 17.8 Å². The average molecular weight is 332 g/mol. The smallest absolute Gasteiger partial charge is 0.246 e. The van der Waals surface area contributed by atoms with E-state index in [0.29, 0.717) is 5.69 Å². The van der Waals surface area contributed by atoms with Crippen molar-refractivity contribution in [3.63, 3.8) is 0 Å². The van der Waals surface area contributed by atoms with Crippen LogP contribution in [0.5, 0.6) is 5.75 Å². The summed E-state index contributed by atoms with van der Waals surface area (Å²) in [6.45, 7) is 0. The van der Waals surface area contributed by atoms with Gasteiger partial charge in [0.15, 0.2) is 11.6 Å². The lowest BCUT2D eigenvalue weighted by molar-refractivity contribution is -0.118. The van der Waals surface area contributed by atoms with Crippen LogP contribution in [0.2, 0.25) is 0 Å². The van der Waals surface area contributed by atoms with E-state index in [0.717, 1.165) is 24.8 Å². The van der Waals surface area contributed by atoms with E-state index in [9.17, 15) is 9.18 Å². The number of carbonyl (C=O) groups is 1. The molecule has 6 nitrogen and oxygen atoms in total. The van der Waals surface area contributed by atoms with E-state index in [1.165, 1.54) is 6.07 Å². The normalized spacial score (nSPS) is 15.6. The number of nitrogens with zero attached hydrogens (tertiary/aromatic N) is 2. The molecule has 3 rings (SSSR count). The minimum absolute atomic E-state index is 0.110. The third-order valence-corrected chi connectivity index (χ3v) is 4.15. The maximum absolute atomic E-state index is 14.1. The van der Waals surface area contributed by atoms with Crippen molar-refractivity contribution in [3.8, 4) is 5.75 Å². The molecule has 0 spiro atoms. The Labute approximate surface area is 140 Å². The highest BCUT2D eigenvalue weighted by molar-refractivity contribution is 5.95. The number of likely N-dealkylation sites (N-methyl/N-ethyl adjacent to an activating group) is 1. The molecule has 1 aromatic heterocycles. The molecule has 1 aromatic carbocycles. The van der Waals surface area contributed by atoms with Gasteiger partial charge in [0, 0.05) is 30.6 Å². The molecule has 0 saturated heterocycles. The van der Waals surface area contributed by atoms with Gasteiger partial charge in [0.05, 0.1) is 12.3 Å². The molecule has 128 valence electrons. The van der Waals surface area contributed by atoms with Gasteiger partial charge < -0.3 is 15.4 Å². The largest absolute Gasteiger partial charge is 0.487 e. The van der Waals surface area contributed by atoms with Crippen molar-refractivity contribution in [2.45, 2.75) is 31.4 Å². The molecule has 1 aliphatic rings. The summed E-state index contributed by atoms with van der Waals surface area (Å²) in [5.74, 6) is -0.519. The minimum Gasteiger partial charge on any atom is -0.487 e. The number of hydrogen-bond donors (Lipinski definition) is 2. The number of ether oxygens (including phenoxy) is 1. The summed E-state index contributed by atoms with van der Waals surface area (Å²) >= 11 is 0. The molecule has 1 aliphatic carbocycles. The quantitative estimate of drug-likeness (QED) is 0.852. The van der Waals surface area contributed by atoms with Crippen LogP contribution >= 0.6 is 0 Å². The van der Waals surface area contributed by atoms with Gasteiger partial charge in [0.1, 0.15) is 6.04 Å². The van der Waals surface area contributed by atoms with Gasteiger partial charge in [0.25, 0.3) is 0 Å². The number of nitrogens with one attached hydrogen (secondary N) is 2. The van der Waals surface area contributed by atoms with Gasteiger partial charge in [-0.2, -0.15) is 5.10 Å². The lowest BCUT2D eigenvalue weighted by Gasteiger charge is -2.26. The highest BCUT2D eigenvalue weighted by atomic mass is 19.1. The fourth-order valence-corrected chi connectivity index (χ4v) is 2.60. The molecular formula is C17H21FN4O2. The second-order valence-corrected chi connectivity index (χ2v) is 5.97. The van der Waals surface area contributed by atoms with E-state index >= 15 is 0 Å². The number of benzene rings is 1. The van der Waals surface area contributed by atoms with Crippen LogP contribution in [0.3, 0.4) is 0 Å². The van der Waals surface area contributed by atoms with E-state index in [4.69, 9.17) is 4.74 Å². The molecule has 24 heavy (non-hydrogen) atoms. The first-order valence-electron chi connectivity index (χ1n) is 7.99. The molecule has 2 aromatic rings. The molecular weight excluding hydrogens is 311 g/mol. The van der Waals surface area contributed by atoms with Crippen LogP contribution in [0.1, 0.15) is 30.9 Å². The van der Waals surface area contributed by atoms with Crippen LogP contribution in [-0.4, -0.2) is 28.8 Å². The van der Waals surface area contributed by atoms with Crippen molar-refractivity contribution in [2.75, 3.05) is 12.4 Å². The second kappa shape index (κ2) is 7.00. The monoisotopic (exact) mass is 332 g/mol. The Bertz CT molecular complexity index is 727. The van der Waals surface area contributed by atoms with Gasteiger partial charge in [-0.15, -0.1) is 0 Å². The molecule has 1 heterocycles. The SMILES string of the molecule is CNC(C(=O)Nc1ccc(OC2CCC2)c(F)c1)c1cnn(C)c1. The maximum atomic E-state index is 14.1. The zero-order valence-electron chi connectivity index (χ0n) is 13.8. The van der Waals surface area contributed by atoms with E-state index in [1.807, 2.05) is 0 Å². The van der Waals surface area contributed by atoms with Crippen molar-refractivity contribution in [1.82, 2.24) is 15.1 Å². The van der Waals surface area contributed by atoms with Crippen molar-refractivity contribution in [1.29, 1.82) is 0 Å². The molecule has 0 bridgehead atoms. The highest BCUT2D eigenvalue weighted by Gasteiger charge is 2.22. The van der Waals surface area contributed by atoms with Gasteiger partial charge in [0.2, 0.25) is 5.91 Å². The fraction of sp³-hybridized carbons (Fsp3) is 0.412. The average Bonchev–Trinajstić information content (AvgIpc) is 2.91. The van der Waals surface area contributed by atoms with Crippen molar-refractivity contribution in [3.05, 3.63) is 42.0 Å². The summed E-state index contributed by atoms with van der Waals surface area (Å²) < 4.78 is 21.3. The summed E-state index contributed by atoms with van der Waals surface area (Å²) in [5, 5.41) is 9.71. The standard InChI is InChI=1S/C17H21FN4O2/c1-19-16(11-9-20-22(2)10-11)17(23)21-12-6-7-15(14(18)8-12)24-13-4-3-5-13/h6-10,13,16,19H,3-5H2,1-2H3,(H,21,23). The number of anilines is 1. The Morgan fingerprint density at radius 1 is 1.46 bits per heavy atom. The molecule has 1 fully saturated rings. The first-order valence-corrected chi connectivity index (χ1v) is 7.99. The Balaban J connectivity index is 1.67. The van der Waals surface area contributed by atoms with Crippen LogP contribution in [0.25, 0.3) is 0 Å². The lowest BCUT2D eigenvalue weighted by Crippen LogP contribution is -2.30. The van der Waals surface area contributed by atoms with E-state index in [1.54, 1.807) is 43.3 Å². The summed E-state index contributed by atoms with van der Waals surface area (Å²) in [6, 6.07) is 3.92. The lowest BCUT2D eigenvalue weighted by atomic mass is 9.96. The summed E-state index contributed by atoms with van der Waals surface area (Å²) in [6.07, 6.45) is 6.55. The zero-order valence-corrected chi connectivity index (χ0v) is 13.8. The number of carbonyl (C=O) groups excluding carboxylic acids is 1. The predicted molar refractivity (Wildman–Crippen MR) is 88.3 cm³/mol. The molecule has 0 radical (unpaired) electrons. The topological polar surface area (TPSA) is 68.2 Å². The fourth-order valence-electron chi connectivity index (χ4n) is 2.60. The first kappa shape index (κ1) is 16.4. The highest BCUT2D eigenvalue weighted by Crippen LogP contribution is 2.28. The van der Waals surface area contributed by atoms with E-state index < -0.39 is 11.9 Å². The van der Waals surface area contributed by atoms with Gasteiger partial charge in [-0.25, -0.2) is 4.39 Å². The van der Waals surface area contributed by atoms with Gasteiger partial charge in [-0.1, -0.05) is 0 Å². The number of amides is 1. The van der Waals surface area contributed by atoms with Crippen molar-refractivity contribution in [2.24, 2.45) is 7.05 Å². The van der Waals surface area contributed by atoms with Gasteiger partial charge >= 0.3 is 0 Å². The molecule has 1 amide bonds. The Hall–Kier alpha value is -2.41. The van der Waals surface area contributed by atoms with Gasteiger partial charge in [-0.05, 0) is 38.4 Å². The van der Waals surface area contributed by atoms with Gasteiger partial charge in [-0.3, -0.25) is 9.48 Å². The Kier molecular flexibility index (Phi) is 4.80.